The van der Waals surface area contributed by atoms with Crippen molar-refractivity contribution in [1.29, 1.82) is 0 Å². The summed E-state index contributed by atoms with van der Waals surface area (Å²) >= 11 is 4.97. The van der Waals surface area contributed by atoms with E-state index in [1.165, 1.54) is 19.4 Å². The van der Waals surface area contributed by atoms with E-state index in [0.29, 0.717) is 74.7 Å². The van der Waals surface area contributed by atoms with Crippen molar-refractivity contribution >= 4 is 110 Å². The molecular formula is C89H93N19O6S3. The maximum absolute atomic E-state index is 13.0. The van der Waals surface area contributed by atoms with E-state index >= 15 is 0 Å². The number of pyridine rings is 4. The lowest BCUT2D eigenvalue weighted by Gasteiger charge is -2.38. The number of rotatable bonds is 10. The first kappa shape index (κ1) is 76.9. The number of anilines is 4. The lowest BCUT2D eigenvalue weighted by Crippen LogP contribution is -2.50. The van der Waals surface area contributed by atoms with Gasteiger partial charge in [0.15, 0.2) is 11.5 Å². The summed E-state index contributed by atoms with van der Waals surface area (Å²) in [5, 5.41) is 6.59. The highest BCUT2D eigenvalue weighted by molar-refractivity contribution is 7.19. The van der Waals surface area contributed by atoms with E-state index in [0.717, 1.165) is 201 Å². The van der Waals surface area contributed by atoms with E-state index in [4.69, 9.17) is 29.4 Å². The fourth-order valence-electron chi connectivity index (χ4n) is 17.2. The molecule has 6 aliphatic rings. The van der Waals surface area contributed by atoms with Crippen LogP contribution in [0.3, 0.4) is 0 Å². The van der Waals surface area contributed by atoms with Crippen LogP contribution in [0.4, 0.5) is 22.7 Å². The van der Waals surface area contributed by atoms with Gasteiger partial charge in [-0.2, -0.15) is 0 Å². The second-order valence-corrected chi connectivity index (χ2v) is 35.2. The Labute approximate surface area is 688 Å². The van der Waals surface area contributed by atoms with Crippen LogP contribution in [0.15, 0.2) is 183 Å². The molecule has 0 aliphatic carbocycles. The third-order valence-corrected chi connectivity index (χ3v) is 26.4. The highest BCUT2D eigenvalue weighted by atomic mass is 32.1. The molecule has 117 heavy (non-hydrogen) atoms. The minimum absolute atomic E-state index is 0.0445. The molecule has 1 N–H and O–H groups in total. The molecule has 598 valence electrons. The van der Waals surface area contributed by atoms with Gasteiger partial charge in [-0.15, -0.1) is 34.0 Å². The SMILES string of the molecule is COc1ccc(-c2cc(=O)n3cc(N4C[C@H]5CNC[C@H]5C4)cc(C)c3n2)cc1OC.Cc1nc2ccc(-c3cc(=O)n4cc(N5CCCN(C)CC5)ccc4n3)cc2s1.Cc1nc2ccc(-c3cc(=O)n4cc(N5CCN(C)CC5)ccc4n3)cc2s1.Cc1nc2ccc(-c3cc(=O)n4cc(N5CCN6CCC[C@H]6C5)ccc4n3)cc2s1. The van der Waals surface area contributed by atoms with Gasteiger partial charge in [-0.3, -0.25) is 41.7 Å². The van der Waals surface area contributed by atoms with Crippen LogP contribution in [0.5, 0.6) is 11.5 Å². The number of aryl methyl sites for hydroxylation is 4. The van der Waals surface area contributed by atoms with Gasteiger partial charge in [0.1, 0.15) is 22.6 Å². The van der Waals surface area contributed by atoms with E-state index in [-0.39, 0.29) is 22.2 Å². The normalized spacial score (nSPS) is 18.0. The molecule has 0 radical (unpaired) electrons. The molecule has 11 aromatic heterocycles. The minimum atomic E-state index is -0.0872. The third-order valence-electron chi connectivity index (χ3n) is 23.6. The lowest BCUT2D eigenvalue weighted by atomic mass is 10.0. The maximum Gasteiger partial charge on any atom is 0.258 e. The predicted octanol–water partition coefficient (Wildman–Crippen LogP) is 12.4. The number of likely N-dealkylation sites (N-methyl/N-ethyl adjacent to an activating group) is 2. The standard InChI is InChI=1S/C23H23N5OS.C23H26N4O3.C22H23N5OS.C21H21N5OS/c1-15-24-19-6-4-16(11-21(19)30-15)20-12-23(29)28-14-18(5-7-22(28)25-20)27-10-9-26-8-2-3-17(26)13-27;1-14-6-18(26-11-16-9-24-10-17(16)12-26)13-27-22(28)8-19(25-23(14)27)15-4-5-20(29-2)21(7-15)30-3;1-15-23-18-6-4-16(12-20(18)29-15)19-13-22(28)27-14-17(5-7-21(27)24-19)26-9-3-8-25(2)10-11-26;1-14-22-17-5-3-15(11-19(17)28-14)18-12-21(27)26-13-16(4-6-20(26)23-18)25-9-7-24(2)8-10-25/h4-7,11-12,14,17H,2-3,8-10,13H2,1H3;4-8,13,16-17,24H,9-12H2,1-3H3;4-7,12-14H,3,8-11H2,1-2H3;3-6,11-13H,7-10H2,1-2H3/t17-;16-,17+;;/m0.../s1. The summed E-state index contributed by atoms with van der Waals surface area (Å²) in [4.78, 5) is 101. The van der Waals surface area contributed by atoms with Gasteiger partial charge in [0, 0.05) is 169 Å². The van der Waals surface area contributed by atoms with Crippen LogP contribution in [-0.4, -0.2) is 206 Å². The summed E-state index contributed by atoms with van der Waals surface area (Å²) < 4.78 is 20.7. The van der Waals surface area contributed by atoms with Crippen LogP contribution in [0, 0.1) is 39.5 Å². The number of methoxy groups -OCH3 is 2. The molecule has 28 heteroatoms. The summed E-state index contributed by atoms with van der Waals surface area (Å²) in [7, 11) is 7.49. The largest absolute Gasteiger partial charge is 0.493 e. The van der Waals surface area contributed by atoms with Gasteiger partial charge in [-0.05, 0) is 189 Å². The molecule has 15 aromatic rings. The van der Waals surface area contributed by atoms with Gasteiger partial charge in [-0.1, -0.05) is 18.2 Å². The molecule has 6 fully saturated rings. The smallest absolute Gasteiger partial charge is 0.258 e. The summed E-state index contributed by atoms with van der Waals surface area (Å²) in [6.07, 6.45) is 11.4. The van der Waals surface area contributed by atoms with Crippen molar-refractivity contribution < 1.29 is 9.47 Å². The van der Waals surface area contributed by atoms with Crippen LogP contribution in [0.25, 0.3) is 98.3 Å². The Bertz CT molecular complexity index is 6550. The molecule has 0 spiro atoms. The predicted molar refractivity (Wildman–Crippen MR) is 472 cm³/mol. The van der Waals surface area contributed by atoms with E-state index in [9.17, 15) is 19.2 Å². The zero-order chi connectivity index (χ0) is 80.3. The van der Waals surface area contributed by atoms with Crippen LogP contribution < -0.4 is 56.6 Å². The van der Waals surface area contributed by atoms with Gasteiger partial charge in [0.25, 0.3) is 22.2 Å². The number of thiazole rings is 3. The number of aromatic nitrogens is 11. The van der Waals surface area contributed by atoms with Gasteiger partial charge < -0.3 is 44.2 Å². The highest BCUT2D eigenvalue weighted by Gasteiger charge is 2.37. The van der Waals surface area contributed by atoms with Gasteiger partial charge >= 0.3 is 0 Å². The molecular weight excluding hydrogens is 1530 g/mol. The summed E-state index contributed by atoms with van der Waals surface area (Å²) in [6, 6.07) is 45.1. The van der Waals surface area contributed by atoms with Crippen molar-refractivity contribution in [2.45, 2.75) is 53.0 Å². The van der Waals surface area contributed by atoms with E-state index < -0.39 is 0 Å². The van der Waals surface area contributed by atoms with Crippen molar-refractivity contribution in [3.05, 3.63) is 226 Å². The van der Waals surface area contributed by atoms with Crippen molar-refractivity contribution in [3.63, 3.8) is 0 Å². The average molecular weight is 1620 g/mol. The number of fused-ring (bicyclic) bond motifs is 9. The fourth-order valence-corrected chi connectivity index (χ4v) is 19.8. The number of hydrogen-bond acceptors (Lipinski definition) is 24. The Morgan fingerprint density at radius 2 is 0.803 bits per heavy atom. The number of piperazine rings is 2. The summed E-state index contributed by atoms with van der Waals surface area (Å²) in [6.45, 7) is 24.8. The molecule has 4 aromatic carbocycles. The number of nitrogens with one attached hydrogen (secondary N) is 1. The molecule has 0 unspecified atom stereocenters. The molecule has 17 heterocycles. The van der Waals surface area contributed by atoms with E-state index in [1.54, 1.807) is 90.1 Å². The number of ether oxygens (including phenoxy) is 2. The van der Waals surface area contributed by atoms with E-state index in [2.05, 4.69) is 111 Å². The first-order chi connectivity index (χ1) is 56.8. The fraction of sp³-hybridized carbons (Fsp3) is 0.337. The minimum Gasteiger partial charge on any atom is -0.493 e. The Hall–Kier alpha value is -11.4. The van der Waals surface area contributed by atoms with Crippen LogP contribution in [0.2, 0.25) is 0 Å². The summed E-state index contributed by atoms with van der Waals surface area (Å²) in [5.74, 6) is 2.65. The number of nitrogens with zero attached hydrogens (tertiary/aromatic N) is 18. The average Bonchev–Trinajstić information content (AvgIpc) is 1.44. The first-order valence-corrected chi connectivity index (χ1v) is 42.6. The Morgan fingerprint density at radius 1 is 0.376 bits per heavy atom. The zero-order valence-electron chi connectivity index (χ0n) is 67.0. The lowest BCUT2D eigenvalue weighted by molar-refractivity contribution is 0.231. The quantitative estimate of drug-likeness (QED) is 0.134. The van der Waals surface area contributed by atoms with Crippen molar-refractivity contribution in [2.75, 3.05) is 153 Å². The van der Waals surface area contributed by atoms with Crippen molar-refractivity contribution in [2.24, 2.45) is 11.8 Å². The third kappa shape index (κ3) is 16.1. The molecule has 21 rings (SSSR count). The highest BCUT2D eigenvalue weighted by Crippen LogP contribution is 2.37. The van der Waals surface area contributed by atoms with Crippen LogP contribution in [-0.2, 0) is 0 Å². The summed E-state index contributed by atoms with van der Waals surface area (Å²) in [5.41, 5.74) is 17.1. The van der Waals surface area contributed by atoms with Gasteiger partial charge in [-0.25, -0.2) is 34.9 Å². The molecule has 0 bridgehead atoms. The second kappa shape index (κ2) is 32.6. The second-order valence-electron chi connectivity index (χ2n) is 31.5. The van der Waals surface area contributed by atoms with Crippen LogP contribution >= 0.6 is 34.0 Å². The molecule has 0 amide bonds. The molecule has 0 saturated carbocycles. The monoisotopic (exact) mass is 1620 g/mol. The Kier molecular flexibility index (Phi) is 21.4. The molecule has 6 saturated heterocycles. The van der Waals surface area contributed by atoms with Gasteiger partial charge in [0.2, 0.25) is 0 Å². The topological polar surface area (TPSA) is 229 Å². The number of benzene rings is 4. The Balaban J connectivity index is 0.000000108. The zero-order valence-corrected chi connectivity index (χ0v) is 69.4. The van der Waals surface area contributed by atoms with Crippen molar-refractivity contribution in [3.8, 4) is 56.5 Å². The maximum atomic E-state index is 13.0. The Morgan fingerprint density at radius 3 is 1.30 bits per heavy atom. The molecule has 25 nitrogen and oxygen atoms in total. The first-order valence-electron chi connectivity index (χ1n) is 40.2. The van der Waals surface area contributed by atoms with Crippen LogP contribution in [0.1, 0.15) is 39.8 Å². The van der Waals surface area contributed by atoms with Gasteiger partial charge in [0.05, 0.1) is 105 Å². The van der Waals surface area contributed by atoms with E-state index in [1.807, 2.05) is 125 Å². The molecule has 3 atom stereocenters. The molecule has 6 aliphatic heterocycles. The van der Waals surface area contributed by atoms with Crippen molar-refractivity contribution in [1.82, 2.24) is 72.5 Å². The number of hydrogen-bond donors (Lipinski definition) is 1.